The van der Waals surface area contributed by atoms with Crippen molar-refractivity contribution in [1.29, 1.82) is 0 Å². The molecule has 1 aromatic carbocycles. The van der Waals surface area contributed by atoms with E-state index in [4.69, 9.17) is 21.1 Å². The van der Waals surface area contributed by atoms with Crippen LogP contribution in [0.4, 0.5) is 4.39 Å². The van der Waals surface area contributed by atoms with E-state index < -0.39 is 11.6 Å². The number of hydrogen-bond donors (Lipinski definition) is 1. The lowest BCUT2D eigenvalue weighted by Crippen LogP contribution is -2.60. The Morgan fingerprint density at radius 1 is 1.44 bits per heavy atom. The first-order valence-corrected chi connectivity index (χ1v) is 10.1. The molecule has 1 aliphatic heterocycles. The maximum atomic E-state index is 14.5. The molecule has 150 valence electrons. The van der Waals surface area contributed by atoms with Crippen LogP contribution in [0.5, 0.6) is 0 Å². The second-order valence-electron chi connectivity index (χ2n) is 8.27. The van der Waals surface area contributed by atoms with E-state index in [0.29, 0.717) is 36.0 Å². The number of benzene rings is 1. The molecule has 1 aromatic rings. The molecule has 0 unspecified atom stereocenters. The van der Waals surface area contributed by atoms with Crippen LogP contribution >= 0.6 is 11.6 Å². The number of fused-ring (bicyclic) bond motifs is 1. The fourth-order valence-electron chi connectivity index (χ4n) is 4.67. The van der Waals surface area contributed by atoms with Crippen LogP contribution in [0.2, 0.25) is 5.02 Å². The van der Waals surface area contributed by atoms with Crippen molar-refractivity contribution < 1.29 is 18.7 Å². The molecule has 0 bridgehead atoms. The third-order valence-electron chi connectivity index (χ3n) is 6.09. The van der Waals surface area contributed by atoms with E-state index in [1.807, 2.05) is 0 Å². The average molecular weight is 398 g/mol. The Kier molecular flexibility index (Phi) is 6.44. The van der Waals surface area contributed by atoms with Crippen molar-refractivity contribution in [3.05, 3.63) is 34.6 Å². The second-order valence-corrected chi connectivity index (χ2v) is 8.70. The summed E-state index contributed by atoms with van der Waals surface area (Å²) >= 11 is 5.91. The van der Waals surface area contributed by atoms with Crippen molar-refractivity contribution in [2.45, 2.75) is 63.7 Å². The maximum Gasteiger partial charge on any atom is 0.222 e. The number of methoxy groups -OCH3 is 1. The summed E-state index contributed by atoms with van der Waals surface area (Å²) in [5.74, 6) is 0.400. The first-order chi connectivity index (χ1) is 12.8. The molecule has 0 spiro atoms. The minimum absolute atomic E-state index is 0.00954. The van der Waals surface area contributed by atoms with E-state index >= 15 is 0 Å². The van der Waals surface area contributed by atoms with Crippen molar-refractivity contribution in [3.63, 3.8) is 0 Å². The number of rotatable bonds is 5. The minimum atomic E-state index is -0.440. The highest BCUT2D eigenvalue weighted by Crippen LogP contribution is 2.48. The third kappa shape index (κ3) is 4.64. The Labute approximate surface area is 165 Å². The number of halogens is 2. The van der Waals surface area contributed by atoms with Gasteiger partial charge in [0.2, 0.25) is 5.91 Å². The summed E-state index contributed by atoms with van der Waals surface area (Å²) in [4.78, 5) is 12.4. The molecule has 27 heavy (non-hydrogen) atoms. The van der Waals surface area contributed by atoms with Gasteiger partial charge >= 0.3 is 0 Å². The van der Waals surface area contributed by atoms with Gasteiger partial charge in [0.25, 0.3) is 0 Å². The van der Waals surface area contributed by atoms with Crippen LogP contribution in [0.1, 0.15) is 57.6 Å². The van der Waals surface area contributed by atoms with Gasteiger partial charge in [0, 0.05) is 42.0 Å². The zero-order valence-corrected chi connectivity index (χ0v) is 17.0. The van der Waals surface area contributed by atoms with Gasteiger partial charge in [0.1, 0.15) is 5.82 Å². The highest BCUT2D eigenvalue weighted by molar-refractivity contribution is 6.30. The Hall–Kier alpha value is -1.17. The van der Waals surface area contributed by atoms with Crippen LogP contribution in [0, 0.1) is 17.7 Å². The Morgan fingerprint density at radius 2 is 2.22 bits per heavy atom. The number of nitrogens with one attached hydrogen (secondary N) is 1. The van der Waals surface area contributed by atoms with Crippen LogP contribution in [0.25, 0.3) is 0 Å². The maximum absolute atomic E-state index is 14.5. The number of amides is 1. The zero-order valence-electron chi connectivity index (χ0n) is 16.3. The second kappa shape index (κ2) is 8.46. The normalized spacial score (nSPS) is 33.4. The van der Waals surface area contributed by atoms with Crippen molar-refractivity contribution in [2.24, 2.45) is 11.8 Å². The van der Waals surface area contributed by atoms with Crippen molar-refractivity contribution in [2.75, 3.05) is 13.7 Å². The van der Waals surface area contributed by atoms with E-state index in [0.717, 1.165) is 19.3 Å². The Morgan fingerprint density at radius 3 is 2.93 bits per heavy atom. The third-order valence-corrected chi connectivity index (χ3v) is 6.32. The van der Waals surface area contributed by atoms with Crippen LogP contribution in [-0.4, -0.2) is 31.3 Å². The molecule has 1 N–H and O–H groups in total. The van der Waals surface area contributed by atoms with Crippen molar-refractivity contribution in [3.8, 4) is 0 Å². The summed E-state index contributed by atoms with van der Waals surface area (Å²) in [7, 11) is 1.58. The zero-order chi connectivity index (χ0) is 19.6. The molecular formula is C21H29ClFNO3. The number of ether oxygens (including phenoxy) is 2. The van der Waals surface area contributed by atoms with Gasteiger partial charge in [-0.1, -0.05) is 31.0 Å². The predicted octanol–water partition coefficient (Wildman–Crippen LogP) is 4.66. The summed E-state index contributed by atoms with van der Waals surface area (Å²) in [6, 6.07) is 4.71. The SMILES string of the molecule is COCCC(=O)N[C@@]1(C)C[C@H](c2ccc(Cl)cc2F)O[C@@H]2C[C@H](C)CC[C@H]21. The van der Waals surface area contributed by atoms with Crippen LogP contribution in [0.15, 0.2) is 18.2 Å². The first kappa shape index (κ1) is 20.6. The molecule has 5 atom stereocenters. The average Bonchev–Trinajstić information content (AvgIpc) is 2.59. The van der Waals surface area contributed by atoms with Gasteiger partial charge in [0.05, 0.1) is 18.8 Å². The molecule has 1 saturated heterocycles. The summed E-state index contributed by atoms with van der Waals surface area (Å²) in [5, 5.41) is 3.59. The first-order valence-electron chi connectivity index (χ1n) is 9.72. The van der Waals surface area contributed by atoms with E-state index in [2.05, 4.69) is 19.2 Å². The molecule has 4 nitrogen and oxygen atoms in total. The monoisotopic (exact) mass is 397 g/mol. The molecule has 3 rings (SSSR count). The van der Waals surface area contributed by atoms with E-state index in [1.54, 1.807) is 19.2 Å². The molecule has 1 amide bonds. The highest BCUT2D eigenvalue weighted by Gasteiger charge is 2.49. The summed E-state index contributed by atoms with van der Waals surface area (Å²) < 4.78 is 25.9. The van der Waals surface area contributed by atoms with Gasteiger partial charge in [-0.05, 0) is 37.8 Å². The van der Waals surface area contributed by atoms with Gasteiger partial charge in [-0.25, -0.2) is 4.39 Å². The standard InChI is InChI=1S/C21H29ClFNO3/c1-13-4-7-16-18(10-13)27-19(15-6-5-14(22)11-17(15)23)12-21(16,2)24-20(25)8-9-26-3/h5-6,11,13,16,18-19H,4,7-10,12H2,1-3H3,(H,24,25)/t13-,16-,18-,19-,21+/m1/s1. The van der Waals surface area contributed by atoms with Crippen molar-refractivity contribution in [1.82, 2.24) is 5.32 Å². The van der Waals surface area contributed by atoms with Gasteiger partial charge in [-0.3, -0.25) is 4.79 Å². The molecule has 0 aromatic heterocycles. The van der Waals surface area contributed by atoms with Crippen LogP contribution in [-0.2, 0) is 14.3 Å². The predicted molar refractivity (Wildman–Crippen MR) is 103 cm³/mol. The number of carbonyl (C=O) groups is 1. The fraction of sp³-hybridized carbons (Fsp3) is 0.667. The van der Waals surface area contributed by atoms with Crippen LogP contribution < -0.4 is 5.32 Å². The Balaban J connectivity index is 1.86. The molecule has 1 heterocycles. The van der Waals surface area contributed by atoms with E-state index in [-0.39, 0.29) is 23.7 Å². The lowest BCUT2D eigenvalue weighted by molar-refractivity contribution is -0.154. The molecule has 1 aliphatic carbocycles. The lowest BCUT2D eigenvalue weighted by atomic mass is 9.66. The van der Waals surface area contributed by atoms with Gasteiger partial charge < -0.3 is 14.8 Å². The highest BCUT2D eigenvalue weighted by atomic mass is 35.5. The summed E-state index contributed by atoms with van der Waals surface area (Å²) in [6.45, 7) is 4.69. The van der Waals surface area contributed by atoms with Crippen molar-refractivity contribution >= 4 is 17.5 Å². The molecule has 2 fully saturated rings. The van der Waals surface area contributed by atoms with Gasteiger partial charge in [-0.15, -0.1) is 0 Å². The number of carbonyl (C=O) groups excluding carboxylic acids is 1. The van der Waals surface area contributed by atoms with Gasteiger partial charge in [-0.2, -0.15) is 0 Å². The van der Waals surface area contributed by atoms with E-state index in [1.165, 1.54) is 6.07 Å². The van der Waals surface area contributed by atoms with Gasteiger partial charge in [0.15, 0.2) is 0 Å². The largest absolute Gasteiger partial charge is 0.384 e. The number of hydrogen-bond acceptors (Lipinski definition) is 3. The topological polar surface area (TPSA) is 47.6 Å². The smallest absolute Gasteiger partial charge is 0.222 e. The summed E-state index contributed by atoms with van der Waals surface area (Å²) in [5.41, 5.74) is 0.0680. The summed E-state index contributed by atoms with van der Waals surface area (Å²) in [6.07, 6.45) is 3.52. The Bertz CT molecular complexity index is 685. The fourth-order valence-corrected chi connectivity index (χ4v) is 4.83. The molecule has 6 heteroatoms. The van der Waals surface area contributed by atoms with E-state index in [9.17, 15) is 9.18 Å². The molecular weight excluding hydrogens is 369 g/mol. The quantitative estimate of drug-likeness (QED) is 0.786. The minimum Gasteiger partial charge on any atom is -0.384 e. The molecule has 1 saturated carbocycles. The lowest BCUT2D eigenvalue weighted by Gasteiger charge is -2.52. The molecule has 0 radical (unpaired) electrons. The molecule has 2 aliphatic rings. The van der Waals surface area contributed by atoms with Crippen LogP contribution in [0.3, 0.4) is 0 Å².